The van der Waals surface area contributed by atoms with Gasteiger partial charge in [-0.15, -0.1) is 0 Å². The smallest absolute Gasteiger partial charge is 0.262 e. The number of rotatable bonds is 7. The van der Waals surface area contributed by atoms with Gasteiger partial charge in [-0.3, -0.25) is 14.2 Å². The molecular formula is C25H27ClN4O4S. The number of nitrogens with one attached hydrogen (secondary N) is 1. The highest BCUT2D eigenvalue weighted by Crippen LogP contribution is 2.34. The number of H-pyrrole nitrogens is 1. The molecule has 10 heteroatoms. The lowest BCUT2D eigenvalue weighted by Crippen LogP contribution is -2.48. The number of fused-ring (bicyclic) bond motifs is 2. The minimum absolute atomic E-state index is 0.142. The monoisotopic (exact) mass is 514 g/mol. The van der Waals surface area contributed by atoms with E-state index in [4.69, 9.17) is 33.3 Å². The zero-order valence-electron chi connectivity index (χ0n) is 19.3. The van der Waals surface area contributed by atoms with Gasteiger partial charge in [-0.25, -0.2) is 0 Å². The van der Waals surface area contributed by atoms with Crippen molar-refractivity contribution >= 4 is 46.3 Å². The molecule has 0 aliphatic carbocycles. The van der Waals surface area contributed by atoms with Crippen molar-refractivity contribution in [2.75, 3.05) is 37.9 Å². The SMILES string of the molecule is O=C(CCCCCn1c(=S)[nH]c2cc3c(cc2c1=O)OCO3)N1CCN(c2ccc(Cl)cc2)CC1. The molecule has 0 spiro atoms. The minimum atomic E-state index is -0.142. The maximum absolute atomic E-state index is 13.0. The maximum Gasteiger partial charge on any atom is 0.262 e. The summed E-state index contributed by atoms with van der Waals surface area (Å²) in [7, 11) is 0. The number of carbonyl (C=O) groups excluding carboxylic acids is 1. The Morgan fingerprint density at radius 3 is 2.46 bits per heavy atom. The molecule has 0 unspecified atom stereocenters. The highest BCUT2D eigenvalue weighted by Gasteiger charge is 2.21. The van der Waals surface area contributed by atoms with Gasteiger partial charge in [-0.05, 0) is 55.4 Å². The molecular weight excluding hydrogens is 488 g/mol. The number of carbonyl (C=O) groups is 1. The van der Waals surface area contributed by atoms with Crippen LogP contribution in [-0.4, -0.2) is 53.3 Å². The van der Waals surface area contributed by atoms with Crippen LogP contribution in [0, 0.1) is 4.77 Å². The van der Waals surface area contributed by atoms with Crippen LogP contribution in [-0.2, 0) is 11.3 Å². The number of halogens is 1. The van der Waals surface area contributed by atoms with E-state index in [0.717, 1.165) is 56.2 Å². The third-order valence-electron chi connectivity index (χ3n) is 6.57. The number of amides is 1. The number of ether oxygens (including phenoxy) is 2. The summed E-state index contributed by atoms with van der Waals surface area (Å²) in [6.45, 7) is 3.74. The third-order valence-corrected chi connectivity index (χ3v) is 7.15. The van der Waals surface area contributed by atoms with Gasteiger partial charge >= 0.3 is 0 Å². The average Bonchev–Trinajstić information content (AvgIpc) is 3.32. The van der Waals surface area contributed by atoms with Crippen molar-refractivity contribution in [2.24, 2.45) is 0 Å². The van der Waals surface area contributed by atoms with Gasteiger partial charge in [0.2, 0.25) is 12.7 Å². The molecule has 35 heavy (non-hydrogen) atoms. The van der Waals surface area contributed by atoms with Crippen molar-refractivity contribution in [1.29, 1.82) is 0 Å². The van der Waals surface area contributed by atoms with Crippen LogP contribution >= 0.6 is 23.8 Å². The first-order chi connectivity index (χ1) is 17.0. The first-order valence-electron chi connectivity index (χ1n) is 11.8. The Kier molecular flexibility index (Phi) is 6.97. The van der Waals surface area contributed by atoms with Crippen molar-refractivity contribution in [3.63, 3.8) is 0 Å². The Balaban J connectivity index is 1.09. The van der Waals surface area contributed by atoms with E-state index in [1.165, 1.54) is 0 Å². The molecule has 184 valence electrons. The largest absolute Gasteiger partial charge is 0.454 e. The first-order valence-corrected chi connectivity index (χ1v) is 12.6. The van der Waals surface area contributed by atoms with Crippen LogP contribution < -0.4 is 19.9 Å². The van der Waals surface area contributed by atoms with Crippen LogP contribution in [0.4, 0.5) is 5.69 Å². The number of piperazine rings is 1. The van der Waals surface area contributed by atoms with Crippen LogP contribution in [0.25, 0.3) is 10.9 Å². The standard InChI is InChI=1S/C25H27ClN4O4S/c26-17-5-7-18(8-6-17)28-10-12-29(13-11-28)23(31)4-2-1-3-9-30-24(32)19-14-21-22(34-16-33-21)15-20(19)27-25(30)35/h5-8,14-15H,1-4,9-13,16H2,(H,27,35). The molecule has 0 atom stereocenters. The maximum atomic E-state index is 13.0. The second kappa shape index (κ2) is 10.3. The molecule has 1 saturated heterocycles. The highest BCUT2D eigenvalue weighted by atomic mass is 35.5. The summed E-state index contributed by atoms with van der Waals surface area (Å²) in [4.78, 5) is 33.0. The number of aromatic amines is 1. The summed E-state index contributed by atoms with van der Waals surface area (Å²) < 4.78 is 12.7. The fraction of sp³-hybridized carbons (Fsp3) is 0.400. The normalized spacial score (nSPS) is 15.1. The van der Waals surface area contributed by atoms with Gasteiger partial charge < -0.3 is 24.3 Å². The van der Waals surface area contributed by atoms with Crippen molar-refractivity contribution in [2.45, 2.75) is 32.2 Å². The second-order valence-electron chi connectivity index (χ2n) is 8.79. The lowest BCUT2D eigenvalue weighted by Gasteiger charge is -2.36. The molecule has 1 fully saturated rings. The summed E-state index contributed by atoms with van der Waals surface area (Å²) in [5.74, 6) is 1.37. The van der Waals surface area contributed by atoms with Crippen molar-refractivity contribution in [3.05, 3.63) is 56.5 Å². The van der Waals surface area contributed by atoms with E-state index in [-0.39, 0.29) is 18.3 Å². The molecule has 3 heterocycles. The number of aromatic nitrogens is 2. The molecule has 1 aromatic heterocycles. The van der Waals surface area contributed by atoms with E-state index in [2.05, 4.69) is 9.88 Å². The molecule has 2 aromatic carbocycles. The lowest BCUT2D eigenvalue weighted by atomic mass is 10.1. The van der Waals surface area contributed by atoms with Crippen molar-refractivity contribution in [3.8, 4) is 11.5 Å². The van der Waals surface area contributed by atoms with Gasteiger partial charge in [-0.2, -0.15) is 0 Å². The third kappa shape index (κ3) is 5.16. The van der Waals surface area contributed by atoms with E-state index in [1.807, 2.05) is 29.2 Å². The topological polar surface area (TPSA) is 79.8 Å². The van der Waals surface area contributed by atoms with Crippen molar-refractivity contribution < 1.29 is 14.3 Å². The Hall–Kier alpha value is -3.04. The van der Waals surface area contributed by atoms with Gasteiger partial charge in [0.05, 0.1) is 10.9 Å². The van der Waals surface area contributed by atoms with E-state index < -0.39 is 0 Å². The quantitative estimate of drug-likeness (QED) is 0.373. The highest BCUT2D eigenvalue weighted by molar-refractivity contribution is 7.71. The molecule has 0 saturated carbocycles. The Labute approximate surface area is 213 Å². The van der Waals surface area contributed by atoms with Gasteiger partial charge in [0, 0.05) is 55.9 Å². The van der Waals surface area contributed by atoms with E-state index in [9.17, 15) is 9.59 Å². The van der Waals surface area contributed by atoms with Gasteiger partial charge in [-0.1, -0.05) is 18.0 Å². The number of anilines is 1. The molecule has 5 rings (SSSR count). The van der Waals surface area contributed by atoms with Crippen LogP contribution in [0.1, 0.15) is 25.7 Å². The molecule has 0 radical (unpaired) electrons. The van der Waals surface area contributed by atoms with E-state index in [0.29, 0.717) is 40.1 Å². The molecule has 1 N–H and O–H groups in total. The molecule has 3 aromatic rings. The summed E-state index contributed by atoms with van der Waals surface area (Å²) in [5.41, 5.74) is 1.63. The summed E-state index contributed by atoms with van der Waals surface area (Å²) in [6.07, 6.45) is 2.92. The summed E-state index contributed by atoms with van der Waals surface area (Å²) in [5, 5.41) is 1.25. The zero-order chi connectivity index (χ0) is 24.4. The predicted octanol–water partition coefficient (Wildman–Crippen LogP) is 4.35. The number of unbranched alkanes of at least 4 members (excludes halogenated alkanes) is 2. The van der Waals surface area contributed by atoms with Crippen molar-refractivity contribution in [1.82, 2.24) is 14.5 Å². The summed E-state index contributed by atoms with van der Waals surface area (Å²) >= 11 is 11.4. The summed E-state index contributed by atoms with van der Waals surface area (Å²) in [6, 6.07) is 11.3. The predicted molar refractivity (Wildman–Crippen MR) is 138 cm³/mol. The van der Waals surface area contributed by atoms with Gasteiger partial charge in [0.25, 0.3) is 5.56 Å². The van der Waals surface area contributed by atoms with Gasteiger partial charge in [0.1, 0.15) is 0 Å². The van der Waals surface area contributed by atoms with Gasteiger partial charge in [0.15, 0.2) is 16.3 Å². The number of hydrogen-bond acceptors (Lipinski definition) is 6. The number of benzene rings is 2. The zero-order valence-corrected chi connectivity index (χ0v) is 20.9. The fourth-order valence-electron chi connectivity index (χ4n) is 4.59. The van der Waals surface area contributed by atoms with Crippen LogP contribution in [0.2, 0.25) is 5.02 Å². The lowest BCUT2D eigenvalue weighted by molar-refractivity contribution is -0.131. The Morgan fingerprint density at radius 1 is 1.00 bits per heavy atom. The first kappa shape index (κ1) is 23.7. The van der Waals surface area contributed by atoms with Crippen LogP contribution in [0.5, 0.6) is 11.5 Å². The minimum Gasteiger partial charge on any atom is -0.454 e. The number of nitrogens with zero attached hydrogens (tertiary/aromatic N) is 3. The number of hydrogen-bond donors (Lipinski definition) is 1. The Morgan fingerprint density at radius 2 is 1.71 bits per heavy atom. The molecule has 8 nitrogen and oxygen atoms in total. The molecule has 0 bridgehead atoms. The van der Waals surface area contributed by atoms with Crippen LogP contribution in [0.3, 0.4) is 0 Å². The average molecular weight is 515 g/mol. The molecule has 1 amide bonds. The van der Waals surface area contributed by atoms with Crippen LogP contribution in [0.15, 0.2) is 41.2 Å². The Bertz CT molecular complexity index is 1350. The molecule has 2 aliphatic rings. The van der Waals surface area contributed by atoms with E-state index >= 15 is 0 Å². The second-order valence-corrected chi connectivity index (χ2v) is 9.62. The van der Waals surface area contributed by atoms with E-state index in [1.54, 1.807) is 16.7 Å². The molecule has 2 aliphatic heterocycles. The fourth-order valence-corrected chi connectivity index (χ4v) is 5.00.